The molecule has 1 aliphatic rings. The monoisotopic (exact) mass is 256 g/mol. The Morgan fingerprint density at radius 2 is 2.12 bits per heavy atom. The molecule has 0 aromatic heterocycles. The van der Waals surface area contributed by atoms with Crippen LogP contribution in [0, 0.1) is 0 Å². The Hall–Kier alpha value is -1.11. The first-order valence-corrected chi connectivity index (χ1v) is 6.98. The number of aliphatic hydroxyl groups is 1. The number of hydrogen-bond acceptors (Lipinski definition) is 4. The summed E-state index contributed by atoms with van der Waals surface area (Å²) in [5.41, 5.74) is 5.94. The van der Waals surface area contributed by atoms with E-state index in [9.17, 15) is 13.5 Å². The Kier molecular flexibility index (Phi) is 3.37. The maximum atomic E-state index is 12.4. The number of nitrogen functional groups attached to an aromatic ring is 1. The Bertz CT molecular complexity index is 501. The number of hydrogen-bond donors (Lipinski definition) is 2. The molecule has 0 aliphatic carbocycles. The highest BCUT2D eigenvalue weighted by atomic mass is 32.2. The lowest BCUT2D eigenvalue weighted by atomic mass is 10.2. The Morgan fingerprint density at radius 1 is 1.41 bits per heavy atom. The molecule has 5 nitrogen and oxygen atoms in total. The van der Waals surface area contributed by atoms with Crippen molar-refractivity contribution in [3.63, 3.8) is 0 Å². The first-order valence-electron chi connectivity index (χ1n) is 5.54. The normalized spacial score (nSPS) is 21.8. The molecule has 94 valence electrons. The summed E-state index contributed by atoms with van der Waals surface area (Å²) in [4.78, 5) is 0.125. The second-order valence-electron chi connectivity index (χ2n) is 4.13. The summed E-state index contributed by atoms with van der Waals surface area (Å²) in [6.07, 6.45) is 1.47. The van der Waals surface area contributed by atoms with Crippen molar-refractivity contribution >= 4 is 15.7 Å². The van der Waals surface area contributed by atoms with Gasteiger partial charge in [-0.2, -0.15) is 4.31 Å². The van der Waals surface area contributed by atoms with Gasteiger partial charge in [-0.3, -0.25) is 0 Å². The lowest BCUT2D eigenvalue weighted by molar-refractivity contribution is 0.213. The van der Waals surface area contributed by atoms with Crippen molar-refractivity contribution < 1.29 is 13.5 Å². The summed E-state index contributed by atoms with van der Waals surface area (Å²) < 4.78 is 26.1. The molecule has 1 heterocycles. The van der Waals surface area contributed by atoms with Gasteiger partial charge in [-0.15, -0.1) is 0 Å². The van der Waals surface area contributed by atoms with Crippen LogP contribution in [0.1, 0.15) is 12.8 Å². The zero-order valence-electron chi connectivity index (χ0n) is 9.41. The van der Waals surface area contributed by atoms with Crippen LogP contribution in [0.5, 0.6) is 0 Å². The van der Waals surface area contributed by atoms with Gasteiger partial charge >= 0.3 is 0 Å². The second-order valence-corrected chi connectivity index (χ2v) is 5.99. The molecule has 1 fully saturated rings. The van der Waals surface area contributed by atoms with E-state index in [4.69, 9.17) is 5.73 Å². The van der Waals surface area contributed by atoms with Gasteiger partial charge in [-0.05, 0) is 25.0 Å². The van der Waals surface area contributed by atoms with Gasteiger partial charge in [0.05, 0.1) is 12.3 Å². The summed E-state index contributed by atoms with van der Waals surface area (Å²) >= 11 is 0. The van der Waals surface area contributed by atoms with E-state index in [1.54, 1.807) is 18.2 Å². The number of rotatable bonds is 3. The van der Waals surface area contributed by atoms with Gasteiger partial charge in [-0.1, -0.05) is 12.1 Å². The number of anilines is 1. The summed E-state index contributed by atoms with van der Waals surface area (Å²) in [6, 6.07) is 6.09. The summed E-state index contributed by atoms with van der Waals surface area (Å²) in [7, 11) is -3.58. The zero-order chi connectivity index (χ0) is 12.5. The Balaban J connectivity index is 2.40. The molecular weight excluding hydrogens is 240 g/mol. The van der Waals surface area contributed by atoms with E-state index < -0.39 is 10.0 Å². The van der Waals surface area contributed by atoms with Gasteiger partial charge < -0.3 is 10.8 Å². The minimum Gasteiger partial charge on any atom is -0.398 e. The van der Waals surface area contributed by atoms with Gasteiger partial charge in [-0.25, -0.2) is 8.42 Å². The number of para-hydroxylation sites is 1. The van der Waals surface area contributed by atoms with Crippen LogP contribution in [0.3, 0.4) is 0 Å². The maximum absolute atomic E-state index is 12.4. The topological polar surface area (TPSA) is 83.6 Å². The average molecular weight is 256 g/mol. The summed E-state index contributed by atoms with van der Waals surface area (Å²) in [5.74, 6) is 0. The first kappa shape index (κ1) is 12.3. The van der Waals surface area contributed by atoms with E-state index in [1.165, 1.54) is 10.4 Å². The second kappa shape index (κ2) is 4.64. The minimum absolute atomic E-state index is 0.125. The van der Waals surface area contributed by atoms with Crippen molar-refractivity contribution in [1.82, 2.24) is 4.31 Å². The van der Waals surface area contributed by atoms with Crippen molar-refractivity contribution in [2.45, 2.75) is 23.8 Å². The van der Waals surface area contributed by atoms with E-state index in [-0.39, 0.29) is 23.2 Å². The zero-order valence-corrected chi connectivity index (χ0v) is 10.2. The molecule has 0 radical (unpaired) electrons. The van der Waals surface area contributed by atoms with Crippen molar-refractivity contribution in [1.29, 1.82) is 0 Å². The highest BCUT2D eigenvalue weighted by molar-refractivity contribution is 7.89. The van der Waals surface area contributed by atoms with Crippen molar-refractivity contribution in [2.75, 3.05) is 18.9 Å². The molecule has 0 unspecified atom stereocenters. The summed E-state index contributed by atoms with van der Waals surface area (Å²) in [5, 5.41) is 9.18. The SMILES string of the molecule is Nc1ccccc1S(=O)(=O)N1CCC[C@H]1CO. The van der Waals surface area contributed by atoms with Gasteiger partial charge in [0.2, 0.25) is 10.0 Å². The van der Waals surface area contributed by atoms with E-state index in [2.05, 4.69) is 0 Å². The number of aliphatic hydroxyl groups excluding tert-OH is 1. The van der Waals surface area contributed by atoms with Crippen LogP contribution in [0.15, 0.2) is 29.2 Å². The number of sulfonamides is 1. The number of nitrogens with zero attached hydrogens (tertiary/aromatic N) is 1. The van der Waals surface area contributed by atoms with E-state index in [0.29, 0.717) is 13.0 Å². The van der Waals surface area contributed by atoms with E-state index in [0.717, 1.165) is 6.42 Å². The molecular formula is C11H16N2O3S. The molecule has 3 N–H and O–H groups in total. The van der Waals surface area contributed by atoms with Crippen LogP contribution in [0.25, 0.3) is 0 Å². The fourth-order valence-electron chi connectivity index (χ4n) is 2.15. The lowest BCUT2D eigenvalue weighted by Gasteiger charge is -2.23. The molecule has 1 atom stereocenters. The standard InChI is InChI=1S/C11H16N2O3S/c12-10-5-1-2-6-11(10)17(15,16)13-7-3-4-9(13)8-14/h1-2,5-6,9,14H,3-4,7-8,12H2/t9-/m0/s1. The van der Waals surface area contributed by atoms with Crippen LogP contribution in [-0.4, -0.2) is 37.0 Å². The van der Waals surface area contributed by atoms with Crippen molar-refractivity contribution in [3.8, 4) is 0 Å². The number of nitrogens with two attached hydrogens (primary N) is 1. The lowest BCUT2D eigenvalue weighted by Crippen LogP contribution is -2.37. The Labute approximate surface area is 101 Å². The van der Waals surface area contributed by atoms with Crippen LogP contribution in [0.4, 0.5) is 5.69 Å². The van der Waals surface area contributed by atoms with Gasteiger partial charge in [0.1, 0.15) is 4.90 Å². The van der Waals surface area contributed by atoms with Crippen LogP contribution in [0.2, 0.25) is 0 Å². The Morgan fingerprint density at radius 3 is 2.76 bits per heavy atom. The molecule has 1 saturated heterocycles. The highest BCUT2D eigenvalue weighted by Gasteiger charge is 2.35. The first-order chi connectivity index (χ1) is 8.07. The third kappa shape index (κ3) is 2.15. The fraction of sp³-hybridized carbons (Fsp3) is 0.455. The minimum atomic E-state index is -3.58. The van der Waals surface area contributed by atoms with Crippen molar-refractivity contribution in [2.24, 2.45) is 0 Å². The number of benzene rings is 1. The molecule has 6 heteroatoms. The molecule has 2 rings (SSSR count). The predicted molar refractivity (Wildman–Crippen MR) is 64.9 cm³/mol. The molecule has 0 saturated carbocycles. The van der Waals surface area contributed by atoms with Crippen molar-refractivity contribution in [3.05, 3.63) is 24.3 Å². The molecule has 0 amide bonds. The highest BCUT2D eigenvalue weighted by Crippen LogP contribution is 2.28. The van der Waals surface area contributed by atoms with Crippen LogP contribution < -0.4 is 5.73 Å². The van der Waals surface area contributed by atoms with Crippen LogP contribution >= 0.6 is 0 Å². The molecule has 1 aliphatic heterocycles. The maximum Gasteiger partial charge on any atom is 0.245 e. The van der Waals surface area contributed by atoms with Gasteiger partial charge in [0, 0.05) is 12.6 Å². The molecule has 1 aromatic carbocycles. The van der Waals surface area contributed by atoms with Gasteiger partial charge in [0.25, 0.3) is 0 Å². The fourth-order valence-corrected chi connectivity index (χ4v) is 3.95. The largest absolute Gasteiger partial charge is 0.398 e. The van der Waals surface area contributed by atoms with Crippen LogP contribution in [-0.2, 0) is 10.0 Å². The van der Waals surface area contributed by atoms with E-state index >= 15 is 0 Å². The van der Waals surface area contributed by atoms with Gasteiger partial charge in [0.15, 0.2) is 0 Å². The molecule has 0 bridgehead atoms. The molecule has 17 heavy (non-hydrogen) atoms. The van der Waals surface area contributed by atoms with E-state index in [1.807, 2.05) is 0 Å². The smallest absolute Gasteiger partial charge is 0.245 e. The predicted octanol–water partition coefficient (Wildman–Crippen LogP) is 0.414. The molecule has 0 spiro atoms. The summed E-state index contributed by atoms with van der Waals surface area (Å²) in [6.45, 7) is 0.299. The molecule has 1 aromatic rings. The average Bonchev–Trinajstić information content (AvgIpc) is 2.78. The third-order valence-corrected chi connectivity index (χ3v) is 5.07. The third-order valence-electron chi connectivity index (χ3n) is 3.04. The quantitative estimate of drug-likeness (QED) is 0.767.